The minimum absolute atomic E-state index is 0.338. The van der Waals surface area contributed by atoms with Crippen LogP contribution in [0.15, 0.2) is 60.0 Å². The Bertz CT molecular complexity index is 1020. The summed E-state index contributed by atoms with van der Waals surface area (Å²) in [5.74, 6) is -1.16. The third-order valence-corrected chi connectivity index (χ3v) is 5.51. The lowest BCUT2D eigenvalue weighted by Gasteiger charge is -2.21. The molecular formula is C21H22N2O5S. The SMILES string of the molecule is CC(OC(=O)CNS(=O)(=O)/C=C/c1ccccc1)C(=O)N1CCc2ccccc21. The molecule has 2 aromatic carbocycles. The van der Waals surface area contributed by atoms with Crippen LogP contribution < -0.4 is 9.62 Å². The number of sulfonamides is 1. The molecule has 0 radical (unpaired) electrons. The number of nitrogens with zero attached hydrogens (tertiary/aromatic N) is 1. The van der Waals surface area contributed by atoms with Crippen LogP contribution in [0.3, 0.4) is 0 Å². The van der Waals surface area contributed by atoms with Crippen molar-refractivity contribution in [1.82, 2.24) is 4.72 Å². The molecule has 1 amide bonds. The van der Waals surface area contributed by atoms with Gasteiger partial charge >= 0.3 is 5.97 Å². The minimum atomic E-state index is -3.81. The summed E-state index contributed by atoms with van der Waals surface area (Å²) >= 11 is 0. The number of amides is 1. The number of carbonyl (C=O) groups is 2. The van der Waals surface area contributed by atoms with Crippen molar-refractivity contribution in [3.8, 4) is 0 Å². The zero-order valence-corrected chi connectivity index (χ0v) is 16.8. The summed E-state index contributed by atoms with van der Waals surface area (Å²) in [6.07, 6.45) is 1.15. The number of anilines is 1. The van der Waals surface area contributed by atoms with Gasteiger partial charge in [-0.05, 0) is 36.6 Å². The quantitative estimate of drug-likeness (QED) is 0.701. The first kappa shape index (κ1) is 20.8. The molecule has 29 heavy (non-hydrogen) atoms. The van der Waals surface area contributed by atoms with Gasteiger partial charge in [0.1, 0.15) is 6.54 Å². The van der Waals surface area contributed by atoms with E-state index in [-0.39, 0.29) is 5.91 Å². The number of carbonyl (C=O) groups excluding carboxylic acids is 2. The molecule has 0 saturated heterocycles. The first-order chi connectivity index (χ1) is 13.9. The van der Waals surface area contributed by atoms with Crippen molar-refractivity contribution in [2.45, 2.75) is 19.4 Å². The number of rotatable bonds is 7. The minimum Gasteiger partial charge on any atom is -0.452 e. The predicted molar refractivity (Wildman–Crippen MR) is 110 cm³/mol. The molecule has 2 aromatic rings. The fraction of sp³-hybridized carbons (Fsp3) is 0.238. The molecular weight excluding hydrogens is 392 g/mol. The van der Waals surface area contributed by atoms with Crippen molar-refractivity contribution in [3.63, 3.8) is 0 Å². The fourth-order valence-electron chi connectivity index (χ4n) is 3.02. The summed E-state index contributed by atoms with van der Waals surface area (Å²) in [5.41, 5.74) is 2.59. The van der Waals surface area contributed by atoms with E-state index in [4.69, 9.17) is 4.74 Å². The molecule has 3 rings (SSSR count). The maximum absolute atomic E-state index is 12.6. The van der Waals surface area contributed by atoms with Gasteiger partial charge in [-0.25, -0.2) is 13.1 Å². The van der Waals surface area contributed by atoms with Crippen LogP contribution in [0, 0.1) is 0 Å². The molecule has 0 fully saturated rings. The van der Waals surface area contributed by atoms with E-state index in [0.29, 0.717) is 12.1 Å². The first-order valence-corrected chi connectivity index (χ1v) is 10.7. The molecule has 8 heteroatoms. The number of para-hydroxylation sites is 1. The Labute approximate surface area is 170 Å². The normalized spacial score (nSPS) is 14.6. The van der Waals surface area contributed by atoms with Gasteiger partial charge in [-0.15, -0.1) is 0 Å². The Hall–Kier alpha value is -2.97. The molecule has 0 saturated carbocycles. The van der Waals surface area contributed by atoms with Crippen LogP contribution in [0.25, 0.3) is 6.08 Å². The largest absolute Gasteiger partial charge is 0.452 e. The number of esters is 1. The van der Waals surface area contributed by atoms with Crippen LogP contribution in [0.2, 0.25) is 0 Å². The van der Waals surface area contributed by atoms with Gasteiger partial charge in [-0.3, -0.25) is 9.59 Å². The molecule has 1 N–H and O–H groups in total. The summed E-state index contributed by atoms with van der Waals surface area (Å²) in [5, 5.41) is 0.978. The van der Waals surface area contributed by atoms with Gasteiger partial charge in [-0.1, -0.05) is 48.5 Å². The fourth-order valence-corrected chi connectivity index (χ4v) is 3.77. The lowest BCUT2D eigenvalue weighted by Crippen LogP contribution is -2.40. The van der Waals surface area contributed by atoms with Gasteiger partial charge in [0.25, 0.3) is 5.91 Å². The zero-order chi connectivity index (χ0) is 20.9. The Morgan fingerprint density at radius 1 is 1.14 bits per heavy atom. The van der Waals surface area contributed by atoms with Crippen LogP contribution in [0.4, 0.5) is 5.69 Å². The molecule has 1 heterocycles. The van der Waals surface area contributed by atoms with Crippen LogP contribution in [0.1, 0.15) is 18.1 Å². The summed E-state index contributed by atoms with van der Waals surface area (Å²) in [6, 6.07) is 16.5. The standard InChI is InChI=1S/C21H22N2O5S/c1-16(21(25)23-13-11-18-9-5-6-10-19(18)23)28-20(24)15-22-29(26,27)14-12-17-7-3-2-4-8-17/h2-10,12,14,16,22H,11,13,15H2,1H3/b14-12+. The second kappa shape index (κ2) is 9.02. The highest BCUT2D eigenvalue weighted by Gasteiger charge is 2.29. The maximum Gasteiger partial charge on any atom is 0.321 e. The molecule has 1 aliphatic heterocycles. The van der Waals surface area contributed by atoms with E-state index in [2.05, 4.69) is 4.72 Å². The monoisotopic (exact) mass is 414 g/mol. The van der Waals surface area contributed by atoms with Crippen molar-refractivity contribution in [2.75, 3.05) is 18.0 Å². The van der Waals surface area contributed by atoms with E-state index in [1.54, 1.807) is 29.2 Å². The van der Waals surface area contributed by atoms with Gasteiger partial charge in [-0.2, -0.15) is 0 Å². The zero-order valence-electron chi connectivity index (χ0n) is 15.9. The average molecular weight is 414 g/mol. The number of ether oxygens (including phenoxy) is 1. The molecule has 1 atom stereocenters. The molecule has 152 valence electrons. The van der Waals surface area contributed by atoms with Gasteiger partial charge in [0.15, 0.2) is 6.10 Å². The van der Waals surface area contributed by atoms with Crippen molar-refractivity contribution in [3.05, 3.63) is 71.1 Å². The molecule has 0 bridgehead atoms. The van der Waals surface area contributed by atoms with E-state index in [1.165, 1.54) is 13.0 Å². The first-order valence-electron chi connectivity index (χ1n) is 9.17. The van der Waals surface area contributed by atoms with Crippen molar-refractivity contribution in [1.29, 1.82) is 0 Å². The smallest absolute Gasteiger partial charge is 0.321 e. The maximum atomic E-state index is 12.6. The van der Waals surface area contributed by atoms with Gasteiger partial charge in [0.05, 0.1) is 0 Å². The van der Waals surface area contributed by atoms with E-state index in [1.807, 2.05) is 30.3 Å². The summed E-state index contributed by atoms with van der Waals surface area (Å²) in [7, 11) is -3.81. The number of hydrogen-bond acceptors (Lipinski definition) is 5. The van der Waals surface area contributed by atoms with Gasteiger partial charge in [0.2, 0.25) is 10.0 Å². The number of hydrogen-bond donors (Lipinski definition) is 1. The molecule has 0 aliphatic carbocycles. The summed E-state index contributed by atoms with van der Waals surface area (Å²) < 4.78 is 31.2. The molecule has 0 spiro atoms. The van der Waals surface area contributed by atoms with Crippen LogP contribution in [-0.2, 0) is 30.8 Å². The highest BCUT2D eigenvalue weighted by molar-refractivity contribution is 7.92. The Kier molecular flexibility index (Phi) is 6.46. The van der Waals surface area contributed by atoms with E-state index in [0.717, 1.165) is 23.1 Å². The summed E-state index contributed by atoms with van der Waals surface area (Å²) in [6.45, 7) is 1.44. The second-order valence-electron chi connectivity index (χ2n) is 6.58. The van der Waals surface area contributed by atoms with Gasteiger partial charge < -0.3 is 9.64 Å². The predicted octanol–water partition coefficient (Wildman–Crippen LogP) is 2.10. The van der Waals surface area contributed by atoms with Crippen molar-refractivity contribution < 1.29 is 22.7 Å². The second-order valence-corrected chi connectivity index (χ2v) is 8.23. The number of fused-ring (bicyclic) bond motifs is 1. The Morgan fingerprint density at radius 2 is 1.83 bits per heavy atom. The highest BCUT2D eigenvalue weighted by atomic mass is 32.2. The average Bonchev–Trinajstić information content (AvgIpc) is 3.15. The van der Waals surface area contributed by atoms with Crippen LogP contribution in [-0.4, -0.2) is 39.5 Å². The van der Waals surface area contributed by atoms with E-state index >= 15 is 0 Å². The molecule has 1 unspecified atom stereocenters. The lowest BCUT2D eigenvalue weighted by atomic mass is 10.2. The van der Waals surface area contributed by atoms with Crippen LogP contribution >= 0.6 is 0 Å². The Morgan fingerprint density at radius 3 is 2.59 bits per heavy atom. The Balaban J connectivity index is 1.51. The van der Waals surface area contributed by atoms with E-state index in [9.17, 15) is 18.0 Å². The van der Waals surface area contributed by atoms with Crippen molar-refractivity contribution in [2.24, 2.45) is 0 Å². The van der Waals surface area contributed by atoms with Crippen LogP contribution in [0.5, 0.6) is 0 Å². The van der Waals surface area contributed by atoms with E-state index < -0.39 is 28.6 Å². The number of benzene rings is 2. The lowest BCUT2D eigenvalue weighted by molar-refractivity contribution is -0.152. The third kappa shape index (κ3) is 5.52. The van der Waals surface area contributed by atoms with Gasteiger partial charge in [0, 0.05) is 17.6 Å². The number of nitrogens with one attached hydrogen (secondary N) is 1. The van der Waals surface area contributed by atoms with Crippen molar-refractivity contribution >= 4 is 33.7 Å². The summed E-state index contributed by atoms with van der Waals surface area (Å²) in [4.78, 5) is 26.2. The molecule has 0 aromatic heterocycles. The topological polar surface area (TPSA) is 92.8 Å². The molecule has 1 aliphatic rings. The third-order valence-electron chi connectivity index (χ3n) is 4.47. The highest BCUT2D eigenvalue weighted by Crippen LogP contribution is 2.28. The molecule has 7 nitrogen and oxygen atoms in total.